The van der Waals surface area contributed by atoms with Crippen molar-refractivity contribution in [3.05, 3.63) is 53.2 Å². The molecule has 2 rings (SSSR count). The molecule has 0 bridgehead atoms. The molecule has 20 heavy (non-hydrogen) atoms. The number of nitrogens with two attached hydrogens (primary N) is 1. The minimum atomic E-state index is -0.521. The first kappa shape index (κ1) is 13.8. The van der Waals surface area contributed by atoms with Crippen LogP contribution in [0.5, 0.6) is 0 Å². The summed E-state index contributed by atoms with van der Waals surface area (Å²) in [4.78, 5) is 23.3. The number of rotatable bonds is 3. The topological polar surface area (TPSA) is 96.2 Å². The molecule has 0 aliphatic carbocycles. The Morgan fingerprint density at radius 1 is 1.35 bits per heavy atom. The van der Waals surface area contributed by atoms with Gasteiger partial charge in [0, 0.05) is 5.70 Å². The van der Waals surface area contributed by atoms with Gasteiger partial charge in [0.05, 0.1) is 11.6 Å². The van der Waals surface area contributed by atoms with Crippen molar-refractivity contribution in [1.29, 1.82) is 0 Å². The van der Waals surface area contributed by atoms with Gasteiger partial charge in [-0.25, -0.2) is 10.6 Å². The van der Waals surface area contributed by atoms with E-state index in [0.717, 1.165) is 5.56 Å². The van der Waals surface area contributed by atoms with Crippen LogP contribution in [0.3, 0.4) is 0 Å². The van der Waals surface area contributed by atoms with Crippen molar-refractivity contribution < 1.29 is 9.59 Å². The molecule has 6 nitrogen and oxygen atoms in total. The molecule has 0 spiro atoms. The Morgan fingerprint density at radius 2 is 2.05 bits per heavy atom. The average molecular weight is 272 g/mol. The third-order valence-electron chi connectivity index (χ3n) is 2.96. The number of amides is 3. The number of hydrazine groups is 1. The molecule has 0 saturated carbocycles. The summed E-state index contributed by atoms with van der Waals surface area (Å²) in [5.41, 5.74) is 3.94. The Kier molecular flexibility index (Phi) is 4.17. The highest BCUT2D eigenvalue weighted by molar-refractivity contribution is 5.98. The lowest BCUT2D eigenvalue weighted by atomic mass is 10.0. The van der Waals surface area contributed by atoms with E-state index in [9.17, 15) is 9.59 Å². The van der Waals surface area contributed by atoms with E-state index in [0.29, 0.717) is 11.3 Å². The van der Waals surface area contributed by atoms with E-state index in [1.165, 1.54) is 0 Å². The molecule has 104 valence electrons. The molecule has 1 aliphatic heterocycles. The first-order chi connectivity index (χ1) is 9.61. The zero-order chi connectivity index (χ0) is 14.5. The predicted octanol–water partition coefficient (Wildman–Crippen LogP) is 0.645. The van der Waals surface area contributed by atoms with E-state index in [4.69, 9.17) is 5.84 Å². The Labute approximate surface area is 116 Å². The Morgan fingerprint density at radius 3 is 2.70 bits per heavy atom. The number of allylic oxidation sites excluding steroid dienone is 1. The number of urea groups is 1. The molecular formula is C14H16N4O2. The van der Waals surface area contributed by atoms with Crippen LogP contribution in [-0.4, -0.2) is 18.0 Å². The third kappa shape index (κ3) is 3.04. The first-order valence-electron chi connectivity index (χ1n) is 6.14. The molecule has 3 amide bonds. The van der Waals surface area contributed by atoms with Crippen molar-refractivity contribution in [3.8, 4) is 0 Å². The molecule has 0 fully saturated rings. The number of benzene rings is 1. The smallest absolute Gasteiger partial charge is 0.319 e. The highest BCUT2D eigenvalue weighted by Crippen LogP contribution is 2.14. The summed E-state index contributed by atoms with van der Waals surface area (Å²) in [6.07, 6.45) is 3.59. The number of hydrogen-bond acceptors (Lipinski definition) is 3. The van der Waals surface area contributed by atoms with Gasteiger partial charge in [0.25, 0.3) is 5.91 Å². The Bertz CT molecular complexity index is 578. The van der Waals surface area contributed by atoms with E-state index in [-0.39, 0.29) is 6.03 Å². The minimum Gasteiger partial charge on any atom is -0.327 e. The van der Waals surface area contributed by atoms with Crippen LogP contribution in [-0.2, 0) is 4.79 Å². The molecule has 1 heterocycles. The molecule has 0 radical (unpaired) electrons. The van der Waals surface area contributed by atoms with Crippen LogP contribution >= 0.6 is 0 Å². The van der Waals surface area contributed by atoms with Gasteiger partial charge in [-0.15, -0.1) is 0 Å². The molecule has 1 aromatic rings. The van der Waals surface area contributed by atoms with Crippen LogP contribution in [0.2, 0.25) is 0 Å². The quantitative estimate of drug-likeness (QED) is 0.369. The summed E-state index contributed by atoms with van der Waals surface area (Å²) < 4.78 is 0. The van der Waals surface area contributed by atoms with Crippen LogP contribution in [0, 0.1) is 0 Å². The summed E-state index contributed by atoms with van der Waals surface area (Å²) >= 11 is 0. The van der Waals surface area contributed by atoms with E-state index >= 15 is 0 Å². The fourth-order valence-corrected chi connectivity index (χ4v) is 2.03. The lowest BCUT2D eigenvalue weighted by Crippen LogP contribution is -2.51. The maximum Gasteiger partial charge on any atom is 0.319 e. The van der Waals surface area contributed by atoms with Gasteiger partial charge < -0.3 is 10.6 Å². The zero-order valence-electron chi connectivity index (χ0n) is 11.0. The van der Waals surface area contributed by atoms with Crippen molar-refractivity contribution >= 4 is 18.0 Å². The zero-order valence-corrected chi connectivity index (χ0v) is 11.0. The van der Waals surface area contributed by atoms with Gasteiger partial charge in [-0.1, -0.05) is 42.5 Å². The van der Waals surface area contributed by atoms with Gasteiger partial charge in [-0.2, -0.15) is 0 Å². The summed E-state index contributed by atoms with van der Waals surface area (Å²) in [6, 6.07) is 8.73. The van der Waals surface area contributed by atoms with Crippen molar-refractivity contribution in [1.82, 2.24) is 16.1 Å². The molecule has 1 aliphatic rings. The second-order valence-corrected chi connectivity index (χ2v) is 4.36. The van der Waals surface area contributed by atoms with E-state index < -0.39 is 11.9 Å². The fourth-order valence-electron chi connectivity index (χ4n) is 2.03. The molecule has 1 atom stereocenters. The fraction of sp³-hybridized carbons (Fsp3) is 0.143. The average Bonchev–Trinajstić information content (AvgIpc) is 2.45. The second-order valence-electron chi connectivity index (χ2n) is 4.36. The highest BCUT2D eigenvalue weighted by atomic mass is 16.2. The van der Waals surface area contributed by atoms with Crippen molar-refractivity contribution in [2.24, 2.45) is 5.84 Å². The largest absolute Gasteiger partial charge is 0.327 e. The van der Waals surface area contributed by atoms with Crippen molar-refractivity contribution in [2.45, 2.75) is 13.0 Å². The van der Waals surface area contributed by atoms with Crippen LogP contribution in [0.1, 0.15) is 12.5 Å². The van der Waals surface area contributed by atoms with Gasteiger partial charge in [-0.05, 0) is 12.5 Å². The summed E-state index contributed by atoms with van der Waals surface area (Å²) in [5, 5.41) is 5.22. The van der Waals surface area contributed by atoms with Crippen molar-refractivity contribution in [3.63, 3.8) is 0 Å². The SMILES string of the molecule is CC1=C(C(=O)NN)C(/C=C/c2ccccc2)NC(=O)N1. The maximum absolute atomic E-state index is 11.8. The lowest BCUT2D eigenvalue weighted by molar-refractivity contribution is -0.117. The Balaban J connectivity index is 2.28. The minimum absolute atomic E-state index is 0.348. The standard InChI is InChI=1S/C14H16N4O2/c1-9-12(13(19)18-15)11(17-14(20)16-9)8-7-10-5-3-2-4-6-10/h2-8,11H,15H2,1H3,(H,18,19)(H2,16,17,20)/b8-7+. The van der Waals surface area contributed by atoms with E-state index in [1.54, 1.807) is 13.0 Å². The van der Waals surface area contributed by atoms with E-state index in [1.807, 2.05) is 36.4 Å². The maximum atomic E-state index is 11.8. The first-order valence-corrected chi connectivity index (χ1v) is 6.14. The third-order valence-corrected chi connectivity index (χ3v) is 2.96. The van der Waals surface area contributed by atoms with Crippen molar-refractivity contribution in [2.75, 3.05) is 0 Å². The van der Waals surface area contributed by atoms with Gasteiger partial charge in [0.2, 0.25) is 0 Å². The second kappa shape index (κ2) is 6.03. The summed E-state index contributed by atoms with van der Waals surface area (Å²) in [6.45, 7) is 1.66. The molecule has 0 aromatic heterocycles. The number of carbonyl (C=O) groups is 2. The van der Waals surface area contributed by atoms with Gasteiger partial charge in [0.15, 0.2) is 0 Å². The summed E-state index contributed by atoms with van der Waals surface area (Å²) in [5.74, 6) is 4.74. The number of carbonyl (C=O) groups excluding carboxylic acids is 2. The van der Waals surface area contributed by atoms with Crippen LogP contribution < -0.4 is 21.9 Å². The van der Waals surface area contributed by atoms with Gasteiger partial charge in [-0.3, -0.25) is 10.2 Å². The molecule has 0 saturated heterocycles. The van der Waals surface area contributed by atoms with E-state index in [2.05, 4.69) is 16.1 Å². The van der Waals surface area contributed by atoms with Gasteiger partial charge >= 0.3 is 6.03 Å². The molecular weight excluding hydrogens is 256 g/mol. The molecule has 1 unspecified atom stereocenters. The molecule has 6 heteroatoms. The molecule has 1 aromatic carbocycles. The van der Waals surface area contributed by atoms with Crippen LogP contribution in [0.15, 0.2) is 47.7 Å². The predicted molar refractivity (Wildman–Crippen MR) is 76.0 cm³/mol. The number of nitrogens with one attached hydrogen (secondary N) is 3. The lowest BCUT2D eigenvalue weighted by Gasteiger charge is -2.25. The van der Waals surface area contributed by atoms with Gasteiger partial charge in [0.1, 0.15) is 0 Å². The Hall–Kier alpha value is -2.60. The molecule has 5 N–H and O–H groups in total. The summed E-state index contributed by atoms with van der Waals surface area (Å²) in [7, 11) is 0. The monoisotopic (exact) mass is 272 g/mol. The van der Waals surface area contributed by atoms with Crippen LogP contribution in [0.4, 0.5) is 4.79 Å². The number of hydrogen-bond donors (Lipinski definition) is 4. The van der Waals surface area contributed by atoms with Crippen LogP contribution in [0.25, 0.3) is 6.08 Å². The normalized spacial score (nSPS) is 18.7. The highest BCUT2D eigenvalue weighted by Gasteiger charge is 2.27.